The summed E-state index contributed by atoms with van der Waals surface area (Å²) in [7, 11) is 1.96. The minimum atomic E-state index is 0.264. The number of hydrogen-bond donors (Lipinski definition) is 1. The van der Waals surface area contributed by atoms with Crippen molar-refractivity contribution in [2.75, 3.05) is 7.05 Å². The number of nitrogens with one attached hydrogen (secondary N) is 1. The van der Waals surface area contributed by atoms with E-state index in [0.717, 1.165) is 17.8 Å². The second-order valence-electron chi connectivity index (χ2n) is 3.77. The molecule has 1 N–H and O–H groups in total. The molecule has 0 amide bonds. The molecule has 1 heterocycles. The van der Waals surface area contributed by atoms with Crippen molar-refractivity contribution in [3.8, 4) is 0 Å². The third kappa shape index (κ3) is 2.51. The largest absolute Gasteiger partial charge is 0.310 e. The molecule has 3 heteroatoms. The van der Waals surface area contributed by atoms with Crippen molar-refractivity contribution >= 4 is 0 Å². The summed E-state index contributed by atoms with van der Waals surface area (Å²) in [5.41, 5.74) is 1.10. The Morgan fingerprint density at radius 1 is 1.36 bits per heavy atom. The van der Waals surface area contributed by atoms with Gasteiger partial charge in [-0.3, -0.25) is 0 Å². The Morgan fingerprint density at radius 3 is 2.36 bits per heavy atom. The first-order chi connectivity index (χ1) is 6.69. The lowest BCUT2D eigenvalue weighted by Crippen LogP contribution is -2.25. The van der Waals surface area contributed by atoms with Gasteiger partial charge in [0, 0.05) is 12.4 Å². The average molecular weight is 193 g/mol. The molecule has 1 aromatic heterocycles. The summed E-state index contributed by atoms with van der Waals surface area (Å²) >= 11 is 0. The van der Waals surface area contributed by atoms with Gasteiger partial charge in [0.1, 0.15) is 5.82 Å². The molecule has 1 aromatic rings. The van der Waals surface area contributed by atoms with Gasteiger partial charge >= 0.3 is 0 Å². The lowest BCUT2D eigenvalue weighted by atomic mass is 9.99. The van der Waals surface area contributed by atoms with Crippen LogP contribution in [-0.4, -0.2) is 17.0 Å². The highest BCUT2D eigenvalue weighted by atomic mass is 15.0. The topological polar surface area (TPSA) is 37.8 Å². The highest BCUT2D eigenvalue weighted by molar-refractivity contribution is 5.05. The summed E-state index contributed by atoms with van der Waals surface area (Å²) < 4.78 is 0. The maximum atomic E-state index is 4.34. The van der Waals surface area contributed by atoms with Crippen LogP contribution in [0.1, 0.15) is 37.7 Å². The fourth-order valence-electron chi connectivity index (χ4n) is 1.47. The molecule has 0 bridgehead atoms. The van der Waals surface area contributed by atoms with Crippen LogP contribution in [0.4, 0.5) is 0 Å². The maximum Gasteiger partial charge on any atom is 0.145 e. The van der Waals surface area contributed by atoms with Gasteiger partial charge in [0.2, 0.25) is 0 Å². The van der Waals surface area contributed by atoms with E-state index < -0.39 is 0 Å². The third-order valence-electron chi connectivity index (χ3n) is 2.60. The first-order valence-corrected chi connectivity index (χ1v) is 5.14. The summed E-state index contributed by atoms with van der Waals surface area (Å²) in [5.74, 6) is 1.45. The van der Waals surface area contributed by atoms with Crippen LogP contribution in [0.3, 0.4) is 0 Å². The molecule has 1 rings (SSSR count). The molecule has 0 aromatic carbocycles. The first kappa shape index (κ1) is 11.1. The molecule has 0 aliphatic rings. The molecular weight excluding hydrogens is 174 g/mol. The SMILES string of the molecule is CCC(C)C(NC)c1ncc(C)cn1. The number of aromatic nitrogens is 2. The molecule has 0 radical (unpaired) electrons. The average Bonchev–Trinajstić information content (AvgIpc) is 2.21. The van der Waals surface area contributed by atoms with E-state index in [0.29, 0.717) is 5.92 Å². The van der Waals surface area contributed by atoms with Gasteiger partial charge in [-0.05, 0) is 25.5 Å². The van der Waals surface area contributed by atoms with Gasteiger partial charge in [-0.15, -0.1) is 0 Å². The number of hydrogen-bond acceptors (Lipinski definition) is 3. The lowest BCUT2D eigenvalue weighted by molar-refractivity contribution is 0.383. The molecule has 0 spiro atoms. The number of aryl methyl sites for hydroxylation is 1. The van der Waals surface area contributed by atoms with Crippen molar-refractivity contribution in [3.63, 3.8) is 0 Å². The highest BCUT2D eigenvalue weighted by Gasteiger charge is 2.17. The van der Waals surface area contributed by atoms with Crippen LogP contribution in [0, 0.1) is 12.8 Å². The number of rotatable bonds is 4. The van der Waals surface area contributed by atoms with Crippen LogP contribution in [0.15, 0.2) is 12.4 Å². The van der Waals surface area contributed by atoms with Crippen molar-refractivity contribution in [1.29, 1.82) is 0 Å². The predicted octanol–water partition coefficient (Wildman–Crippen LogP) is 2.09. The molecular formula is C11H19N3. The van der Waals surface area contributed by atoms with Crippen LogP contribution in [0.2, 0.25) is 0 Å². The second-order valence-corrected chi connectivity index (χ2v) is 3.77. The van der Waals surface area contributed by atoms with Crippen LogP contribution in [0.25, 0.3) is 0 Å². The zero-order valence-electron chi connectivity index (χ0n) is 9.41. The van der Waals surface area contributed by atoms with Crippen LogP contribution < -0.4 is 5.32 Å². The molecule has 78 valence electrons. The van der Waals surface area contributed by atoms with Crippen molar-refractivity contribution in [2.24, 2.45) is 5.92 Å². The first-order valence-electron chi connectivity index (χ1n) is 5.14. The summed E-state index contributed by atoms with van der Waals surface area (Å²) in [6, 6.07) is 0.264. The van der Waals surface area contributed by atoms with Crippen LogP contribution in [0.5, 0.6) is 0 Å². The zero-order valence-corrected chi connectivity index (χ0v) is 9.41. The molecule has 0 saturated carbocycles. The minimum Gasteiger partial charge on any atom is -0.310 e. The normalized spacial score (nSPS) is 15.1. The monoisotopic (exact) mass is 193 g/mol. The number of nitrogens with zero attached hydrogens (tertiary/aromatic N) is 2. The summed E-state index contributed by atoms with van der Waals surface area (Å²) in [5, 5.41) is 3.26. The van der Waals surface area contributed by atoms with E-state index in [-0.39, 0.29) is 6.04 Å². The Morgan fingerprint density at radius 2 is 1.93 bits per heavy atom. The molecule has 3 nitrogen and oxygen atoms in total. The second kappa shape index (κ2) is 5.05. The summed E-state index contributed by atoms with van der Waals surface area (Å²) in [6.45, 7) is 6.40. The molecule has 2 atom stereocenters. The molecule has 0 fully saturated rings. The van der Waals surface area contributed by atoms with Gasteiger partial charge in [-0.2, -0.15) is 0 Å². The van der Waals surface area contributed by atoms with E-state index in [1.807, 2.05) is 26.4 Å². The molecule has 0 saturated heterocycles. The van der Waals surface area contributed by atoms with E-state index in [4.69, 9.17) is 0 Å². The van der Waals surface area contributed by atoms with Crippen LogP contribution in [-0.2, 0) is 0 Å². The molecule has 14 heavy (non-hydrogen) atoms. The minimum absolute atomic E-state index is 0.264. The highest BCUT2D eigenvalue weighted by Crippen LogP contribution is 2.20. The van der Waals surface area contributed by atoms with Crippen LogP contribution >= 0.6 is 0 Å². The third-order valence-corrected chi connectivity index (χ3v) is 2.60. The van der Waals surface area contributed by atoms with Gasteiger partial charge < -0.3 is 5.32 Å². The Bertz CT molecular complexity index is 268. The Balaban J connectivity index is 2.84. The maximum absolute atomic E-state index is 4.34. The quantitative estimate of drug-likeness (QED) is 0.795. The van der Waals surface area contributed by atoms with Gasteiger partial charge in [-0.25, -0.2) is 9.97 Å². The lowest BCUT2D eigenvalue weighted by Gasteiger charge is -2.20. The van der Waals surface area contributed by atoms with Crippen molar-refractivity contribution in [2.45, 2.75) is 33.2 Å². The Hall–Kier alpha value is -0.960. The molecule has 0 aliphatic heterocycles. The van der Waals surface area contributed by atoms with Gasteiger partial charge in [0.15, 0.2) is 0 Å². The van der Waals surface area contributed by atoms with E-state index in [2.05, 4.69) is 29.1 Å². The van der Waals surface area contributed by atoms with Gasteiger partial charge in [0.05, 0.1) is 6.04 Å². The zero-order chi connectivity index (χ0) is 10.6. The standard InChI is InChI=1S/C11H19N3/c1-5-9(3)10(12-4)11-13-6-8(2)7-14-11/h6-7,9-10,12H,5H2,1-4H3. The molecule has 2 unspecified atom stereocenters. The summed E-state index contributed by atoms with van der Waals surface area (Å²) in [4.78, 5) is 8.69. The van der Waals surface area contributed by atoms with E-state index in [1.165, 1.54) is 0 Å². The Labute approximate surface area is 86.0 Å². The van der Waals surface area contributed by atoms with E-state index in [1.54, 1.807) is 0 Å². The fraction of sp³-hybridized carbons (Fsp3) is 0.636. The van der Waals surface area contributed by atoms with Crippen molar-refractivity contribution in [3.05, 3.63) is 23.8 Å². The van der Waals surface area contributed by atoms with E-state index in [9.17, 15) is 0 Å². The fourth-order valence-corrected chi connectivity index (χ4v) is 1.47. The molecule has 0 aliphatic carbocycles. The van der Waals surface area contributed by atoms with E-state index >= 15 is 0 Å². The smallest absolute Gasteiger partial charge is 0.145 e. The predicted molar refractivity (Wildman–Crippen MR) is 58.0 cm³/mol. The van der Waals surface area contributed by atoms with Crippen molar-refractivity contribution < 1.29 is 0 Å². The Kier molecular flexibility index (Phi) is 4.01. The van der Waals surface area contributed by atoms with Gasteiger partial charge in [0.25, 0.3) is 0 Å². The summed E-state index contributed by atoms with van der Waals surface area (Å²) in [6.07, 6.45) is 4.87. The van der Waals surface area contributed by atoms with Gasteiger partial charge in [-0.1, -0.05) is 20.3 Å². The van der Waals surface area contributed by atoms with Crippen molar-refractivity contribution in [1.82, 2.24) is 15.3 Å².